The Labute approximate surface area is 125 Å². The number of nitrogens with zero attached hydrogens (tertiary/aromatic N) is 2. The van der Waals surface area contributed by atoms with Gasteiger partial charge >= 0.3 is 0 Å². The van der Waals surface area contributed by atoms with Crippen molar-refractivity contribution < 1.29 is 0 Å². The summed E-state index contributed by atoms with van der Waals surface area (Å²) in [5, 5.41) is 3.22. The first kappa shape index (κ1) is 17.3. The molecule has 3 N–H and O–H groups in total. The number of piperidine rings is 1. The zero-order valence-electron chi connectivity index (χ0n) is 14.1. The van der Waals surface area contributed by atoms with E-state index in [1.165, 1.54) is 38.9 Å². The summed E-state index contributed by atoms with van der Waals surface area (Å²) in [4.78, 5) is 7.09. The molecule has 1 saturated heterocycles. The number of nitrogens with two attached hydrogens (primary N) is 1. The van der Waals surface area contributed by atoms with E-state index in [9.17, 15) is 0 Å². The molecule has 4 nitrogen and oxygen atoms in total. The fourth-order valence-corrected chi connectivity index (χ4v) is 2.48. The molecule has 1 rings (SSSR count). The van der Waals surface area contributed by atoms with E-state index >= 15 is 0 Å². The number of rotatable bonds is 5. The van der Waals surface area contributed by atoms with Crippen LogP contribution in [0, 0.1) is 11.8 Å². The quantitative estimate of drug-likeness (QED) is 0.601. The summed E-state index contributed by atoms with van der Waals surface area (Å²) >= 11 is 0. The lowest BCUT2D eigenvalue weighted by Crippen LogP contribution is -2.45. The third-order valence-electron chi connectivity index (χ3n) is 3.75. The van der Waals surface area contributed by atoms with Crippen molar-refractivity contribution in [1.82, 2.24) is 10.2 Å². The van der Waals surface area contributed by atoms with Crippen molar-refractivity contribution in [1.29, 1.82) is 0 Å². The Kier molecular flexibility index (Phi) is 6.80. The van der Waals surface area contributed by atoms with Crippen molar-refractivity contribution in [3.63, 3.8) is 0 Å². The van der Waals surface area contributed by atoms with Crippen molar-refractivity contribution in [3.05, 3.63) is 0 Å². The van der Waals surface area contributed by atoms with Crippen LogP contribution < -0.4 is 11.1 Å². The van der Waals surface area contributed by atoms with Crippen molar-refractivity contribution >= 4 is 5.96 Å². The molecule has 0 aromatic carbocycles. The van der Waals surface area contributed by atoms with Gasteiger partial charge in [-0.05, 0) is 71.5 Å². The maximum Gasteiger partial charge on any atom is 0.188 e. The van der Waals surface area contributed by atoms with Gasteiger partial charge in [-0.1, -0.05) is 13.8 Å². The molecule has 0 unspecified atom stereocenters. The molecule has 0 spiro atoms. The van der Waals surface area contributed by atoms with Gasteiger partial charge in [0.15, 0.2) is 5.96 Å². The minimum Gasteiger partial charge on any atom is -0.370 e. The number of hydrogen-bond donors (Lipinski definition) is 2. The summed E-state index contributed by atoms with van der Waals surface area (Å²) in [6, 6.07) is 0. The van der Waals surface area contributed by atoms with Gasteiger partial charge in [0.2, 0.25) is 0 Å². The fourth-order valence-electron chi connectivity index (χ4n) is 2.48. The maximum absolute atomic E-state index is 5.91. The molecule has 0 aromatic heterocycles. The van der Waals surface area contributed by atoms with E-state index in [0.717, 1.165) is 12.5 Å². The summed E-state index contributed by atoms with van der Waals surface area (Å²) in [6.45, 7) is 15.5. The van der Waals surface area contributed by atoms with E-state index in [1.54, 1.807) is 0 Å². The molecule has 20 heavy (non-hydrogen) atoms. The van der Waals surface area contributed by atoms with Gasteiger partial charge in [0.25, 0.3) is 0 Å². The topological polar surface area (TPSA) is 53.6 Å². The van der Waals surface area contributed by atoms with E-state index < -0.39 is 0 Å². The first-order chi connectivity index (χ1) is 9.26. The van der Waals surface area contributed by atoms with E-state index in [-0.39, 0.29) is 5.54 Å². The van der Waals surface area contributed by atoms with Crippen LogP contribution in [0.2, 0.25) is 0 Å². The molecule has 118 valence electrons. The number of nitrogens with one attached hydrogen (secondary N) is 1. The molecule has 1 aliphatic heterocycles. The highest BCUT2D eigenvalue weighted by atomic mass is 15.1. The zero-order valence-corrected chi connectivity index (χ0v) is 14.1. The van der Waals surface area contributed by atoms with Crippen molar-refractivity contribution in [2.75, 3.05) is 26.2 Å². The van der Waals surface area contributed by atoms with Crippen LogP contribution in [0.5, 0.6) is 0 Å². The second-order valence-electron chi connectivity index (χ2n) is 7.57. The van der Waals surface area contributed by atoms with Gasteiger partial charge in [0.1, 0.15) is 0 Å². The Bertz CT molecular complexity index is 296. The minimum atomic E-state index is -0.00616. The third kappa shape index (κ3) is 7.73. The molecule has 0 bridgehead atoms. The summed E-state index contributed by atoms with van der Waals surface area (Å²) in [7, 11) is 0. The second kappa shape index (κ2) is 7.87. The summed E-state index contributed by atoms with van der Waals surface area (Å²) in [5.41, 5.74) is 5.91. The Morgan fingerprint density at radius 1 is 1.30 bits per heavy atom. The summed E-state index contributed by atoms with van der Waals surface area (Å²) in [6.07, 6.45) is 3.82. The fraction of sp³-hybridized carbons (Fsp3) is 0.938. The largest absolute Gasteiger partial charge is 0.370 e. The molecule has 4 heteroatoms. The third-order valence-corrected chi connectivity index (χ3v) is 3.75. The summed E-state index contributed by atoms with van der Waals surface area (Å²) < 4.78 is 0. The second-order valence-corrected chi connectivity index (χ2v) is 7.57. The minimum absolute atomic E-state index is 0.00616. The Morgan fingerprint density at radius 3 is 2.40 bits per heavy atom. The lowest BCUT2D eigenvalue weighted by Gasteiger charge is -2.31. The normalized spacial score (nSPS) is 19.6. The standard InChI is InChI=1S/C16H34N4/c1-13(2)6-9-20-10-7-14(8-11-20)12-18-15(17)19-16(3,4)5/h13-14H,6-12H2,1-5H3,(H3,17,18,19). The lowest BCUT2D eigenvalue weighted by atomic mass is 9.96. The molecule has 0 saturated carbocycles. The van der Waals surface area contributed by atoms with E-state index in [4.69, 9.17) is 5.73 Å². The molecular weight excluding hydrogens is 248 g/mol. The smallest absolute Gasteiger partial charge is 0.188 e. The predicted octanol–water partition coefficient (Wildman–Crippen LogP) is 2.45. The molecule has 0 aromatic rings. The van der Waals surface area contributed by atoms with Gasteiger partial charge in [0, 0.05) is 12.1 Å². The lowest BCUT2D eigenvalue weighted by molar-refractivity contribution is 0.180. The van der Waals surface area contributed by atoms with Crippen LogP contribution in [0.3, 0.4) is 0 Å². The average Bonchev–Trinajstić information content (AvgIpc) is 2.33. The highest BCUT2D eigenvalue weighted by molar-refractivity contribution is 5.78. The van der Waals surface area contributed by atoms with Crippen molar-refractivity contribution in [2.24, 2.45) is 22.6 Å². The van der Waals surface area contributed by atoms with E-state index in [0.29, 0.717) is 11.9 Å². The highest BCUT2D eigenvalue weighted by Gasteiger charge is 2.19. The molecular formula is C16H34N4. The van der Waals surface area contributed by atoms with Crippen LogP contribution in [0.25, 0.3) is 0 Å². The molecule has 0 amide bonds. The van der Waals surface area contributed by atoms with E-state index in [1.807, 2.05) is 0 Å². The number of hydrogen-bond acceptors (Lipinski definition) is 2. The van der Waals surface area contributed by atoms with Crippen LogP contribution in [0.4, 0.5) is 0 Å². The van der Waals surface area contributed by atoms with Gasteiger partial charge in [0.05, 0.1) is 0 Å². The van der Waals surface area contributed by atoms with Crippen molar-refractivity contribution in [3.8, 4) is 0 Å². The monoisotopic (exact) mass is 282 g/mol. The van der Waals surface area contributed by atoms with Gasteiger partial charge in [-0.2, -0.15) is 0 Å². The van der Waals surface area contributed by atoms with Gasteiger partial charge in [-0.3, -0.25) is 4.99 Å². The highest BCUT2D eigenvalue weighted by Crippen LogP contribution is 2.18. The molecule has 0 radical (unpaired) electrons. The summed E-state index contributed by atoms with van der Waals surface area (Å²) in [5.74, 6) is 2.09. The predicted molar refractivity (Wildman–Crippen MR) is 88.0 cm³/mol. The molecule has 0 aliphatic carbocycles. The molecule has 1 heterocycles. The number of aliphatic imine (C=N–C) groups is 1. The van der Waals surface area contributed by atoms with Gasteiger partial charge in [-0.25, -0.2) is 0 Å². The van der Waals surface area contributed by atoms with Crippen LogP contribution in [-0.4, -0.2) is 42.6 Å². The Hall–Kier alpha value is -0.770. The molecule has 1 fully saturated rings. The van der Waals surface area contributed by atoms with Crippen LogP contribution >= 0.6 is 0 Å². The number of guanidine groups is 1. The maximum atomic E-state index is 5.91. The number of likely N-dealkylation sites (tertiary alicyclic amines) is 1. The van der Waals surface area contributed by atoms with Crippen LogP contribution in [-0.2, 0) is 0 Å². The zero-order chi connectivity index (χ0) is 15.2. The SMILES string of the molecule is CC(C)CCN1CCC(CN=C(N)NC(C)(C)C)CC1. The first-order valence-corrected chi connectivity index (χ1v) is 8.06. The average molecular weight is 282 g/mol. The Morgan fingerprint density at radius 2 is 1.90 bits per heavy atom. The van der Waals surface area contributed by atoms with Crippen LogP contribution in [0.15, 0.2) is 4.99 Å². The van der Waals surface area contributed by atoms with Gasteiger partial charge in [-0.15, -0.1) is 0 Å². The molecule has 1 aliphatic rings. The Balaban J connectivity index is 2.24. The van der Waals surface area contributed by atoms with Gasteiger partial charge < -0.3 is 16.0 Å². The molecule has 0 atom stereocenters. The van der Waals surface area contributed by atoms with Crippen molar-refractivity contribution in [2.45, 2.75) is 59.4 Å². The first-order valence-electron chi connectivity index (χ1n) is 8.06. The van der Waals surface area contributed by atoms with Crippen LogP contribution in [0.1, 0.15) is 53.9 Å². The van der Waals surface area contributed by atoms with E-state index in [2.05, 4.69) is 49.8 Å².